The van der Waals surface area contributed by atoms with E-state index in [1.54, 1.807) is 0 Å². The number of nitrogens with zero attached hydrogens (tertiary/aromatic N) is 4. The summed E-state index contributed by atoms with van der Waals surface area (Å²) in [5, 5.41) is 3.75. The summed E-state index contributed by atoms with van der Waals surface area (Å²) in [4.78, 5) is 13.5. The minimum Gasteiger partial charge on any atom is -0.378 e. The fourth-order valence-electron chi connectivity index (χ4n) is 3.78. The van der Waals surface area contributed by atoms with E-state index in [1.807, 2.05) is 24.7 Å². The van der Waals surface area contributed by atoms with Crippen molar-refractivity contribution in [3.8, 4) is 0 Å². The Kier molecular flexibility index (Phi) is 5.62. The standard InChI is InChI=1S/C20H27N5O/c1-2-17(20(22-7-1)25-12-14-26-15-13-25)16-23-18-5-10-24(11-6-18)19-3-8-21-9-4-19/h1-4,7-9,18,23H,5-6,10-16H2. The molecule has 0 bridgehead atoms. The van der Waals surface area contributed by atoms with Gasteiger partial charge in [-0.1, -0.05) is 6.07 Å². The van der Waals surface area contributed by atoms with E-state index in [1.165, 1.54) is 11.3 Å². The van der Waals surface area contributed by atoms with Crippen LogP contribution in [0, 0.1) is 0 Å². The Hall–Kier alpha value is -2.18. The average molecular weight is 353 g/mol. The van der Waals surface area contributed by atoms with Crippen LogP contribution in [0.4, 0.5) is 11.5 Å². The Bertz CT molecular complexity index is 682. The lowest BCUT2D eigenvalue weighted by molar-refractivity contribution is 0.122. The molecular formula is C20H27N5O. The first kappa shape index (κ1) is 17.2. The summed E-state index contributed by atoms with van der Waals surface area (Å²) in [6, 6.07) is 8.98. The summed E-state index contributed by atoms with van der Waals surface area (Å²) in [5.41, 5.74) is 2.56. The fraction of sp³-hybridized carbons (Fsp3) is 0.500. The molecule has 4 heterocycles. The summed E-state index contributed by atoms with van der Waals surface area (Å²) >= 11 is 0. The third kappa shape index (κ3) is 4.14. The van der Waals surface area contributed by atoms with Crippen molar-refractivity contribution in [1.82, 2.24) is 15.3 Å². The Labute approximate surface area is 155 Å². The molecule has 2 fully saturated rings. The van der Waals surface area contributed by atoms with Crippen LogP contribution < -0.4 is 15.1 Å². The second kappa shape index (κ2) is 8.47. The molecule has 0 saturated carbocycles. The second-order valence-electron chi connectivity index (χ2n) is 6.93. The molecule has 0 aromatic carbocycles. The fourth-order valence-corrected chi connectivity index (χ4v) is 3.78. The number of anilines is 2. The van der Waals surface area contributed by atoms with Crippen molar-refractivity contribution < 1.29 is 4.74 Å². The van der Waals surface area contributed by atoms with Gasteiger partial charge < -0.3 is 19.9 Å². The largest absolute Gasteiger partial charge is 0.378 e. The predicted octanol–water partition coefficient (Wildman–Crippen LogP) is 2.07. The molecule has 4 rings (SSSR count). The van der Waals surface area contributed by atoms with Gasteiger partial charge in [-0.05, 0) is 31.0 Å². The normalized spacial score (nSPS) is 18.9. The van der Waals surface area contributed by atoms with E-state index >= 15 is 0 Å². The minimum atomic E-state index is 0.561. The van der Waals surface area contributed by atoms with Gasteiger partial charge >= 0.3 is 0 Å². The molecule has 2 saturated heterocycles. The van der Waals surface area contributed by atoms with Gasteiger partial charge in [0.15, 0.2) is 0 Å². The van der Waals surface area contributed by atoms with Crippen LogP contribution in [0.15, 0.2) is 42.9 Å². The number of aromatic nitrogens is 2. The summed E-state index contributed by atoms with van der Waals surface area (Å²) in [6.07, 6.45) is 7.96. The van der Waals surface area contributed by atoms with Crippen LogP contribution in [0.3, 0.4) is 0 Å². The van der Waals surface area contributed by atoms with Crippen molar-refractivity contribution in [3.05, 3.63) is 48.4 Å². The molecule has 0 amide bonds. The van der Waals surface area contributed by atoms with Gasteiger partial charge in [-0.15, -0.1) is 0 Å². The smallest absolute Gasteiger partial charge is 0.133 e. The first-order valence-electron chi connectivity index (χ1n) is 9.55. The highest BCUT2D eigenvalue weighted by molar-refractivity contribution is 5.47. The van der Waals surface area contributed by atoms with Gasteiger partial charge in [0.2, 0.25) is 0 Å². The molecule has 26 heavy (non-hydrogen) atoms. The Morgan fingerprint density at radius 2 is 1.73 bits per heavy atom. The van der Waals surface area contributed by atoms with Crippen LogP contribution in [0.1, 0.15) is 18.4 Å². The monoisotopic (exact) mass is 353 g/mol. The van der Waals surface area contributed by atoms with Gasteiger partial charge in [-0.2, -0.15) is 0 Å². The number of piperidine rings is 1. The molecule has 6 heteroatoms. The maximum atomic E-state index is 5.47. The van der Waals surface area contributed by atoms with E-state index in [0.717, 1.165) is 64.6 Å². The van der Waals surface area contributed by atoms with Crippen molar-refractivity contribution in [1.29, 1.82) is 0 Å². The van der Waals surface area contributed by atoms with Gasteiger partial charge in [-0.25, -0.2) is 4.98 Å². The molecular weight excluding hydrogens is 326 g/mol. The number of morpholine rings is 1. The number of ether oxygens (including phenoxy) is 1. The number of hydrogen-bond acceptors (Lipinski definition) is 6. The SMILES string of the molecule is c1cnc(N2CCOCC2)c(CNC2CCN(c3ccncc3)CC2)c1. The third-order valence-corrected chi connectivity index (χ3v) is 5.28. The van der Waals surface area contributed by atoms with E-state index in [4.69, 9.17) is 4.74 Å². The van der Waals surface area contributed by atoms with Crippen molar-refractivity contribution >= 4 is 11.5 Å². The Balaban J connectivity index is 1.31. The molecule has 6 nitrogen and oxygen atoms in total. The summed E-state index contributed by atoms with van der Waals surface area (Å²) in [5.74, 6) is 1.11. The third-order valence-electron chi connectivity index (χ3n) is 5.28. The molecule has 2 aliphatic heterocycles. The summed E-state index contributed by atoms with van der Waals surface area (Å²) in [6.45, 7) is 6.48. The first-order chi connectivity index (χ1) is 12.9. The van der Waals surface area contributed by atoms with Crippen molar-refractivity contribution in [3.63, 3.8) is 0 Å². The van der Waals surface area contributed by atoms with Crippen LogP contribution >= 0.6 is 0 Å². The highest BCUT2D eigenvalue weighted by Crippen LogP contribution is 2.21. The first-order valence-corrected chi connectivity index (χ1v) is 9.55. The minimum absolute atomic E-state index is 0.561. The average Bonchev–Trinajstić information content (AvgIpc) is 2.74. The maximum Gasteiger partial charge on any atom is 0.133 e. The molecule has 1 N–H and O–H groups in total. The number of pyridine rings is 2. The van der Waals surface area contributed by atoms with Crippen molar-refractivity contribution in [2.45, 2.75) is 25.4 Å². The zero-order valence-electron chi connectivity index (χ0n) is 15.2. The number of nitrogens with one attached hydrogen (secondary N) is 1. The highest BCUT2D eigenvalue weighted by atomic mass is 16.5. The summed E-state index contributed by atoms with van der Waals surface area (Å²) < 4.78 is 5.47. The number of hydrogen-bond donors (Lipinski definition) is 1. The van der Waals surface area contributed by atoms with Gasteiger partial charge in [0.25, 0.3) is 0 Å². The van der Waals surface area contributed by atoms with E-state index in [0.29, 0.717) is 6.04 Å². The molecule has 0 unspecified atom stereocenters. The van der Waals surface area contributed by atoms with Crippen LogP contribution in [0.25, 0.3) is 0 Å². The van der Waals surface area contributed by atoms with Gasteiger partial charge in [0.05, 0.1) is 13.2 Å². The lowest BCUT2D eigenvalue weighted by atomic mass is 10.0. The summed E-state index contributed by atoms with van der Waals surface area (Å²) in [7, 11) is 0. The van der Waals surface area contributed by atoms with Crippen LogP contribution in [-0.4, -0.2) is 55.4 Å². The molecule has 2 aliphatic rings. The van der Waals surface area contributed by atoms with Crippen LogP contribution in [-0.2, 0) is 11.3 Å². The van der Waals surface area contributed by atoms with E-state index < -0.39 is 0 Å². The predicted molar refractivity (Wildman–Crippen MR) is 104 cm³/mol. The quantitative estimate of drug-likeness (QED) is 0.888. The zero-order chi connectivity index (χ0) is 17.6. The van der Waals surface area contributed by atoms with Crippen LogP contribution in [0.5, 0.6) is 0 Å². The lowest BCUT2D eigenvalue weighted by Crippen LogP contribution is -2.42. The highest BCUT2D eigenvalue weighted by Gasteiger charge is 2.20. The number of rotatable bonds is 5. The van der Waals surface area contributed by atoms with Crippen molar-refractivity contribution in [2.75, 3.05) is 49.2 Å². The second-order valence-corrected chi connectivity index (χ2v) is 6.93. The zero-order valence-corrected chi connectivity index (χ0v) is 15.2. The molecule has 0 atom stereocenters. The van der Waals surface area contributed by atoms with Gasteiger partial charge in [0.1, 0.15) is 5.82 Å². The molecule has 138 valence electrons. The van der Waals surface area contributed by atoms with Gasteiger partial charge in [-0.3, -0.25) is 4.98 Å². The lowest BCUT2D eigenvalue weighted by Gasteiger charge is -2.34. The topological polar surface area (TPSA) is 53.5 Å². The van der Waals surface area contributed by atoms with Crippen LogP contribution in [0.2, 0.25) is 0 Å². The molecule has 2 aromatic rings. The Morgan fingerprint density at radius 3 is 2.50 bits per heavy atom. The van der Waals surface area contributed by atoms with E-state index in [9.17, 15) is 0 Å². The van der Waals surface area contributed by atoms with Crippen molar-refractivity contribution in [2.24, 2.45) is 0 Å². The maximum absolute atomic E-state index is 5.47. The molecule has 0 aliphatic carbocycles. The molecule has 0 radical (unpaired) electrons. The molecule has 0 spiro atoms. The van der Waals surface area contributed by atoms with E-state index in [-0.39, 0.29) is 0 Å². The van der Waals surface area contributed by atoms with E-state index in [2.05, 4.69) is 43.3 Å². The molecule has 2 aromatic heterocycles. The Morgan fingerprint density at radius 1 is 0.962 bits per heavy atom. The van der Waals surface area contributed by atoms with Gasteiger partial charge in [0, 0.05) is 68.6 Å².